The molecule has 2 amide bonds. The third-order valence-electron chi connectivity index (χ3n) is 6.25. The van der Waals surface area contributed by atoms with Gasteiger partial charge in [-0.05, 0) is 35.9 Å². The van der Waals surface area contributed by atoms with Gasteiger partial charge in [-0.15, -0.1) is 0 Å². The van der Waals surface area contributed by atoms with E-state index in [2.05, 4.69) is 4.98 Å². The highest BCUT2D eigenvalue weighted by atomic mass is 32.2. The smallest absolute Gasteiger partial charge is 0.416 e. The summed E-state index contributed by atoms with van der Waals surface area (Å²) in [7, 11) is 0. The minimum absolute atomic E-state index is 0.0345. The number of alkyl halides is 3. The standard InChI is InChI=1S/C22H22F3N3O4S/c23-22(24,25)15-6-4-14(5-7-15)18-3-1-2-17(26-18)10-33-9-16-8-27(19(29)30)11-21(16)12-28(13-21)20(31)32/h1-7,16H,8-13H2,(H,29,30)(H,31,32). The predicted octanol–water partition coefficient (Wildman–Crippen LogP) is 4.59. The molecule has 176 valence electrons. The van der Waals surface area contributed by atoms with Gasteiger partial charge in [0.2, 0.25) is 0 Å². The maximum Gasteiger partial charge on any atom is 0.416 e. The molecule has 2 aromatic rings. The van der Waals surface area contributed by atoms with Crippen LogP contribution < -0.4 is 0 Å². The maximum absolute atomic E-state index is 12.8. The SMILES string of the molecule is O=C(O)N1CC(CSCc2cccc(-c3ccc(C(F)(F)F)cc3)n2)C2(C1)CN(C(=O)O)C2. The summed E-state index contributed by atoms with van der Waals surface area (Å²) in [6.45, 7) is 1.37. The van der Waals surface area contributed by atoms with Crippen LogP contribution in [-0.2, 0) is 11.9 Å². The van der Waals surface area contributed by atoms with Gasteiger partial charge in [0.1, 0.15) is 0 Å². The zero-order valence-electron chi connectivity index (χ0n) is 17.5. The van der Waals surface area contributed by atoms with Crippen LogP contribution in [0.1, 0.15) is 11.3 Å². The van der Waals surface area contributed by atoms with Crippen LogP contribution in [0.5, 0.6) is 0 Å². The van der Waals surface area contributed by atoms with Crippen molar-refractivity contribution in [2.24, 2.45) is 11.3 Å². The number of halogens is 3. The van der Waals surface area contributed by atoms with Crippen molar-refractivity contribution >= 4 is 23.9 Å². The molecule has 1 unspecified atom stereocenters. The minimum atomic E-state index is -4.39. The Morgan fingerprint density at radius 1 is 1.03 bits per heavy atom. The number of carboxylic acid groups (broad SMARTS) is 2. The number of nitrogens with zero attached hydrogens (tertiary/aromatic N) is 3. The Kier molecular flexibility index (Phi) is 6.17. The lowest BCUT2D eigenvalue weighted by molar-refractivity contribution is -0.137. The van der Waals surface area contributed by atoms with Crippen LogP contribution in [-0.4, -0.2) is 69.1 Å². The lowest BCUT2D eigenvalue weighted by Crippen LogP contribution is -2.62. The summed E-state index contributed by atoms with van der Waals surface area (Å²) in [6, 6.07) is 10.2. The fourth-order valence-corrected chi connectivity index (χ4v) is 5.70. The second-order valence-electron chi connectivity index (χ2n) is 8.47. The Balaban J connectivity index is 1.38. The Hall–Kier alpha value is -2.95. The highest BCUT2D eigenvalue weighted by molar-refractivity contribution is 7.98. The lowest BCUT2D eigenvalue weighted by atomic mass is 9.72. The molecule has 0 bridgehead atoms. The van der Waals surface area contributed by atoms with E-state index in [1.54, 1.807) is 23.9 Å². The number of benzene rings is 1. The van der Waals surface area contributed by atoms with E-state index in [-0.39, 0.29) is 11.3 Å². The number of amides is 2. The molecule has 2 aliphatic heterocycles. The molecule has 1 aromatic heterocycles. The van der Waals surface area contributed by atoms with E-state index >= 15 is 0 Å². The summed E-state index contributed by atoms with van der Waals surface area (Å²) >= 11 is 1.59. The van der Waals surface area contributed by atoms with Crippen molar-refractivity contribution in [3.05, 3.63) is 53.7 Å². The monoisotopic (exact) mass is 481 g/mol. The summed E-state index contributed by atoms with van der Waals surface area (Å²) in [5.41, 5.74) is 0.869. The van der Waals surface area contributed by atoms with E-state index < -0.39 is 23.9 Å². The number of hydrogen-bond acceptors (Lipinski definition) is 4. The first-order valence-corrected chi connectivity index (χ1v) is 11.4. The molecule has 2 fully saturated rings. The molecule has 2 saturated heterocycles. The topological polar surface area (TPSA) is 94.0 Å². The molecule has 4 rings (SSSR count). The summed E-state index contributed by atoms with van der Waals surface area (Å²) in [6.07, 6.45) is -6.38. The zero-order chi connectivity index (χ0) is 23.8. The molecule has 2 aliphatic rings. The van der Waals surface area contributed by atoms with E-state index in [1.165, 1.54) is 21.9 Å². The van der Waals surface area contributed by atoms with Crippen molar-refractivity contribution in [3.8, 4) is 11.3 Å². The van der Waals surface area contributed by atoms with Gasteiger partial charge in [0, 0.05) is 42.9 Å². The second-order valence-corrected chi connectivity index (χ2v) is 9.50. The Morgan fingerprint density at radius 2 is 1.67 bits per heavy atom. The van der Waals surface area contributed by atoms with E-state index in [1.807, 2.05) is 6.07 Å². The fraction of sp³-hybridized carbons (Fsp3) is 0.409. The third-order valence-corrected chi connectivity index (χ3v) is 7.39. The normalized spacial score (nSPS) is 19.5. The van der Waals surface area contributed by atoms with Crippen LogP contribution in [0.3, 0.4) is 0 Å². The molecule has 1 aromatic carbocycles. The van der Waals surface area contributed by atoms with Gasteiger partial charge in [0.25, 0.3) is 0 Å². The van der Waals surface area contributed by atoms with Gasteiger partial charge in [-0.25, -0.2) is 9.59 Å². The number of rotatable bonds is 5. The maximum atomic E-state index is 12.8. The van der Waals surface area contributed by atoms with Crippen molar-refractivity contribution in [2.45, 2.75) is 11.9 Å². The average Bonchev–Trinajstić information content (AvgIpc) is 3.12. The summed E-state index contributed by atoms with van der Waals surface area (Å²) in [4.78, 5) is 29.9. The number of pyridine rings is 1. The molecular formula is C22H22F3N3O4S. The van der Waals surface area contributed by atoms with E-state index in [9.17, 15) is 27.9 Å². The Bertz CT molecular complexity index is 1040. The van der Waals surface area contributed by atoms with Gasteiger partial charge in [-0.3, -0.25) is 4.98 Å². The molecule has 0 radical (unpaired) electrons. The minimum Gasteiger partial charge on any atom is -0.465 e. The largest absolute Gasteiger partial charge is 0.465 e. The van der Waals surface area contributed by atoms with Crippen molar-refractivity contribution in [2.75, 3.05) is 31.9 Å². The van der Waals surface area contributed by atoms with Gasteiger partial charge in [-0.2, -0.15) is 24.9 Å². The quantitative estimate of drug-likeness (QED) is 0.649. The summed E-state index contributed by atoms with van der Waals surface area (Å²) < 4.78 is 38.3. The zero-order valence-corrected chi connectivity index (χ0v) is 18.3. The Morgan fingerprint density at radius 3 is 2.27 bits per heavy atom. The highest BCUT2D eigenvalue weighted by Crippen LogP contribution is 2.45. The number of hydrogen-bond donors (Lipinski definition) is 2. The molecule has 1 spiro atoms. The van der Waals surface area contributed by atoms with Crippen LogP contribution in [0.25, 0.3) is 11.3 Å². The predicted molar refractivity (Wildman–Crippen MR) is 116 cm³/mol. The fourth-order valence-electron chi connectivity index (χ4n) is 4.47. The first-order valence-electron chi connectivity index (χ1n) is 10.2. The van der Waals surface area contributed by atoms with Crippen LogP contribution in [0.15, 0.2) is 42.5 Å². The van der Waals surface area contributed by atoms with Gasteiger partial charge < -0.3 is 20.0 Å². The number of carbonyl (C=O) groups is 2. The van der Waals surface area contributed by atoms with E-state index in [0.29, 0.717) is 48.9 Å². The third kappa shape index (κ3) is 4.87. The molecule has 3 heterocycles. The first-order chi connectivity index (χ1) is 15.6. The van der Waals surface area contributed by atoms with E-state index in [4.69, 9.17) is 5.11 Å². The van der Waals surface area contributed by atoms with Crippen LogP contribution >= 0.6 is 11.8 Å². The molecular weight excluding hydrogens is 459 g/mol. The van der Waals surface area contributed by atoms with Gasteiger partial charge in [0.15, 0.2) is 0 Å². The molecule has 0 saturated carbocycles. The second kappa shape index (κ2) is 8.77. The number of thioether (sulfide) groups is 1. The van der Waals surface area contributed by atoms with Gasteiger partial charge in [-0.1, -0.05) is 18.2 Å². The molecule has 33 heavy (non-hydrogen) atoms. The molecule has 1 atom stereocenters. The van der Waals surface area contributed by atoms with Crippen LogP contribution in [0, 0.1) is 11.3 Å². The molecule has 2 N–H and O–H groups in total. The van der Waals surface area contributed by atoms with Crippen LogP contribution in [0.4, 0.5) is 22.8 Å². The van der Waals surface area contributed by atoms with Gasteiger partial charge in [0.05, 0.1) is 17.0 Å². The van der Waals surface area contributed by atoms with E-state index in [0.717, 1.165) is 17.8 Å². The van der Waals surface area contributed by atoms with Crippen LogP contribution in [0.2, 0.25) is 0 Å². The molecule has 0 aliphatic carbocycles. The number of likely N-dealkylation sites (tertiary alicyclic amines) is 2. The Labute approximate surface area is 192 Å². The van der Waals surface area contributed by atoms with Crippen molar-refractivity contribution in [3.63, 3.8) is 0 Å². The van der Waals surface area contributed by atoms with Crippen molar-refractivity contribution < 1.29 is 33.0 Å². The number of aromatic nitrogens is 1. The van der Waals surface area contributed by atoms with Crippen molar-refractivity contribution in [1.82, 2.24) is 14.8 Å². The first kappa shape index (κ1) is 23.2. The molecule has 11 heteroatoms. The van der Waals surface area contributed by atoms with Crippen molar-refractivity contribution in [1.29, 1.82) is 0 Å². The van der Waals surface area contributed by atoms with Gasteiger partial charge >= 0.3 is 18.4 Å². The summed E-state index contributed by atoms with van der Waals surface area (Å²) in [5, 5.41) is 18.5. The average molecular weight is 481 g/mol. The highest BCUT2D eigenvalue weighted by Gasteiger charge is 2.56. The lowest BCUT2D eigenvalue weighted by Gasteiger charge is -2.49. The summed E-state index contributed by atoms with van der Waals surface area (Å²) in [5.74, 6) is 1.24. The molecule has 7 nitrogen and oxygen atoms in total.